The summed E-state index contributed by atoms with van der Waals surface area (Å²) in [5.41, 5.74) is 4.57. The Balaban J connectivity index is 1.47. The summed E-state index contributed by atoms with van der Waals surface area (Å²) in [4.78, 5) is 12.0. The first-order chi connectivity index (χ1) is 16.5. The highest BCUT2D eigenvalue weighted by atomic mass is 19.2. The van der Waals surface area contributed by atoms with Crippen LogP contribution in [0.5, 0.6) is 5.75 Å². The van der Waals surface area contributed by atoms with Gasteiger partial charge in [-0.3, -0.25) is 0 Å². The second-order valence-electron chi connectivity index (χ2n) is 8.55. The average molecular weight is 465 g/mol. The minimum Gasteiger partial charge on any atom is -0.495 e. The van der Waals surface area contributed by atoms with Gasteiger partial charge in [0.15, 0.2) is 17.5 Å². The normalized spacial score (nSPS) is 19.3. The number of methoxy groups -OCH3 is 1. The first-order valence-electron chi connectivity index (χ1n) is 11.3. The fraction of sp³-hybridized carbons (Fsp3) is 0.308. The summed E-state index contributed by atoms with van der Waals surface area (Å²) in [6, 6.07) is 9.99. The molecule has 1 fully saturated rings. The molecular weight excluding hydrogens is 438 g/mol. The largest absolute Gasteiger partial charge is 0.495 e. The standard InChI is InChI=1S/C26H26F2N4O2/c1-17-15-31(16-29-17)24-8-5-18(13-25(24)33-2)12-20-4-3-10-32-23(9-11-34-30-26(20)32)19-6-7-21(27)22(28)14-19/h5-8,12-16,23H,3-4,9-11H2,1-2H3/t23-/m0/s1. The summed E-state index contributed by atoms with van der Waals surface area (Å²) in [6.45, 7) is 3.12. The van der Waals surface area contributed by atoms with Gasteiger partial charge in [0.1, 0.15) is 12.4 Å². The Labute approximate surface area is 197 Å². The van der Waals surface area contributed by atoms with Crippen LogP contribution in [0.2, 0.25) is 0 Å². The molecule has 1 saturated heterocycles. The SMILES string of the molecule is COc1cc(C=C2CCCN3C2=NOCC[C@H]3c2ccc(F)c(F)c2)ccc1-n1cnc(C)c1. The molecule has 6 nitrogen and oxygen atoms in total. The summed E-state index contributed by atoms with van der Waals surface area (Å²) >= 11 is 0. The van der Waals surface area contributed by atoms with Crippen LogP contribution in [0.25, 0.3) is 11.8 Å². The van der Waals surface area contributed by atoms with E-state index in [4.69, 9.17) is 9.57 Å². The lowest BCUT2D eigenvalue weighted by atomic mass is 9.95. The molecule has 0 amide bonds. The molecule has 5 rings (SSSR count). The molecule has 0 bridgehead atoms. The van der Waals surface area contributed by atoms with Crippen molar-refractivity contribution in [1.82, 2.24) is 14.5 Å². The predicted octanol–water partition coefficient (Wildman–Crippen LogP) is 5.42. The molecule has 1 atom stereocenters. The van der Waals surface area contributed by atoms with Crippen LogP contribution in [-0.2, 0) is 4.84 Å². The number of amidine groups is 1. The highest BCUT2D eigenvalue weighted by molar-refractivity contribution is 6.02. The lowest BCUT2D eigenvalue weighted by molar-refractivity contribution is 0.140. The van der Waals surface area contributed by atoms with Crippen LogP contribution in [0.4, 0.5) is 8.78 Å². The maximum absolute atomic E-state index is 14.0. The zero-order valence-corrected chi connectivity index (χ0v) is 19.2. The molecule has 8 heteroatoms. The molecule has 0 N–H and O–H groups in total. The maximum atomic E-state index is 14.0. The number of aryl methyl sites for hydroxylation is 1. The van der Waals surface area contributed by atoms with E-state index in [0.29, 0.717) is 13.0 Å². The van der Waals surface area contributed by atoms with Gasteiger partial charge in [0, 0.05) is 19.2 Å². The molecule has 2 aliphatic rings. The highest BCUT2D eigenvalue weighted by Gasteiger charge is 2.31. The van der Waals surface area contributed by atoms with Crippen molar-refractivity contribution in [2.75, 3.05) is 20.3 Å². The zero-order valence-electron chi connectivity index (χ0n) is 19.2. The summed E-state index contributed by atoms with van der Waals surface area (Å²) < 4.78 is 35.1. The third-order valence-electron chi connectivity index (χ3n) is 6.28. The van der Waals surface area contributed by atoms with Gasteiger partial charge in [0.05, 0.1) is 30.9 Å². The Morgan fingerprint density at radius 1 is 1.15 bits per heavy atom. The zero-order chi connectivity index (χ0) is 23.7. The molecular formula is C26H26F2N4O2. The van der Waals surface area contributed by atoms with Gasteiger partial charge in [0.2, 0.25) is 0 Å². The first-order valence-corrected chi connectivity index (χ1v) is 11.3. The van der Waals surface area contributed by atoms with Gasteiger partial charge in [-0.25, -0.2) is 13.8 Å². The average Bonchev–Trinajstić information content (AvgIpc) is 3.15. The molecule has 0 radical (unpaired) electrons. The highest BCUT2D eigenvalue weighted by Crippen LogP contribution is 2.35. The van der Waals surface area contributed by atoms with E-state index in [9.17, 15) is 8.78 Å². The molecule has 0 saturated carbocycles. The van der Waals surface area contributed by atoms with Crippen LogP contribution in [-0.4, -0.2) is 40.5 Å². The summed E-state index contributed by atoms with van der Waals surface area (Å²) in [7, 11) is 1.65. The third kappa shape index (κ3) is 4.27. The Hall–Kier alpha value is -3.68. The van der Waals surface area contributed by atoms with Crippen molar-refractivity contribution in [2.45, 2.75) is 32.2 Å². The fourth-order valence-electron chi connectivity index (χ4n) is 4.64. The predicted molar refractivity (Wildman–Crippen MR) is 126 cm³/mol. The van der Waals surface area contributed by atoms with E-state index < -0.39 is 11.6 Å². The first kappa shape index (κ1) is 22.1. The van der Waals surface area contributed by atoms with Gasteiger partial charge in [-0.15, -0.1) is 0 Å². The summed E-state index contributed by atoms with van der Waals surface area (Å²) in [6.07, 6.45) is 8.21. The molecule has 0 aliphatic carbocycles. The van der Waals surface area contributed by atoms with Crippen molar-refractivity contribution in [1.29, 1.82) is 0 Å². The van der Waals surface area contributed by atoms with E-state index in [2.05, 4.69) is 21.1 Å². The number of benzene rings is 2. The van der Waals surface area contributed by atoms with E-state index in [-0.39, 0.29) is 6.04 Å². The molecule has 1 aromatic heterocycles. The number of halogens is 2. The number of nitrogens with zero attached hydrogens (tertiary/aromatic N) is 4. The molecule has 2 aromatic carbocycles. The van der Waals surface area contributed by atoms with E-state index >= 15 is 0 Å². The minimum absolute atomic E-state index is 0.138. The minimum atomic E-state index is -0.843. The van der Waals surface area contributed by atoms with Crippen molar-refractivity contribution >= 4 is 11.9 Å². The Morgan fingerprint density at radius 3 is 2.79 bits per heavy atom. The topological polar surface area (TPSA) is 51.9 Å². The third-order valence-corrected chi connectivity index (χ3v) is 6.28. The van der Waals surface area contributed by atoms with Gasteiger partial charge in [0.25, 0.3) is 0 Å². The molecule has 2 aliphatic heterocycles. The molecule has 3 heterocycles. The van der Waals surface area contributed by atoms with Crippen molar-refractivity contribution < 1.29 is 18.4 Å². The lowest BCUT2D eigenvalue weighted by Crippen LogP contribution is -2.39. The van der Waals surface area contributed by atoms with Gasteiger partial charge < -0.3 is 19.0 Å². The van der Waals surface area contributed by atoms with Crippen LogP contribution >= 0.6 is 0 Å². The Morgan fingerprint density at radius 2 is 2.03 bits per heavy atom. The number of piperidine rings is 1. The number of rotatable bonds is 4. The van der Waals surface area contributed by atoms with Crippen molar-refractivity contribution in [3.63, 3.8) is 0 Å². The fourth-order valence-corrected chi connectivity index (χ4v) is 4.64. The maximum Gasteiger partial charge on any atom is 0.171 e. The van der Waals surface area contributed by atoms with Crippen LogP contribution in [0.3, 0.4) is 0 Å². The van der Waals surface area contributed by atoms with Gasteiger partial charge in [-0.05, 0) is 66.8 Å². The monoisotopic (exact) mass is 464 g/mol. The summed E-state index contributed by atoms with van der Waals surface area (Å²) in [5, 5.41) is 4.41. The van der Waals surface area contributed by atoms with Crippen LogP contribution in [0.1, 0.15) is 42.1 Å². The van der Waals surface area contributed by atoms with Crippen molar-refractivity contribution in [2.24, 2.45) is 5.16 Å². The molecule has 0 unspecified atom stereocenters. The number of aromatic nitrogens is 2. The lowest BCUT2D eigenvalue weighted by Gasteiger charge is -2.36. The number of fused-ring (bicyclic) bond motifs is 1. The van der Waals surface area contributed by atoms with E-state index in [1.807, 2.05) is 35.9 Å². The Bertz CT molecular complexity index is 1270. The molecule has 34 heavy (non-hydrogen) atoms. The van der Waals surface area contributed by atoms with Crippen molar-refractivity contribution in [3.8, 4) is 11.4 Å². The van der Waals surface area contributed by atoms with Crippen LogP contribution in [0, 0.1) is 18.6 Å². The van der Waals surface area contributed by atoms with Crippen molar-refractivity contribution in [3.05, 3.63) is 83.0 Å². The number of oxime groups is 1. The molecule has 0 spiro atoms. The van der Waals surface area contributed by atoms with Gasteiger partial charge in [-0.1, -0.05) is 17.3 Å². The van der Waals surface area contributed by atoms with E-state index in [1.165, 1.54) is 12.1 Å². The van der Waals surface area contributed by atoms with Gasteiger partial charge in [-0.2, -0.15) is 0 Å². The Kier molecular flexibility index (Phi) is 6.04. The van der Waals surface area contributed by atoms with Crippen LogP contribution in [0.15, 0.2) is 59.7 Å². The number of ether oxygens (including phenoxy) is 1. The number of hydrogen-bond acceptors (Lipinski definition) is 5. The van der Waals surface area contributed by atoms with Crippen LogP contribution < -0.4 is 4.74 Å². The second kappa shape index (κ2) is 9.29. The number of imidazole rings is 1. The smallest absolute Gasteiger partial charge is 0.171 e. The van der Waals surface area contributed by atoms with E-state index in [1.54, 1.807) is 19.5 Å². The molecule has 3 aromatic rings. The summed E-state index contributed by atoms with van der Waals surface area (Å²) in [5.74, 6) is -0.205. The second-order valence-corrected chi connectivity index (χ2v) is 8.55. The number of hydrogen-bond donors (Lipinski definition) is 0. The quantitative estimate of drug-likeness (QED) is 0.517. The van der Waals surface area contributed by atoms with E-state index in [0.717, 1.165) is 59.1 Å². The molecule has 176 valence electrons. The van der Waals surface area contributed by atoms with Gasteiger partial charge >= 0.3 is 0 Å².